The fourth-order valence-corrected chi connectivity index (χ4v) is 2.58. The van der Waals surface area contributed by atoms with Crippen LogP contribution in [0.1, 0.15) is 26.7 Å². The number of nitrogens with two attached hydrogens (primary N) is 1. The summed E-state index contributed by atoms with van der Waals surface area (Å²) in [6, 6.07) is 0. The molecule has 0 aromatic rings. The topological polar surface area (TPSA) is 72.2 Å². The van der Waals surface area contributed by atoms with E-state index >= 15 is 0 Å². The van der Waals surface area contributed by atoms with Crippen molar-refractivity contribution in [3.63, 3.8) is 0 Å². The summed E-state index contributed by atoms with van der Waals surface area (Å²) in [4.78, 5) is 0.424. The van der Waals surface area contributed by atoms with Crippen molar-refractivity contribution in [1.29, 1.82) is 0 Å². The molecule has 0 aliphatic carbocycles. The van der Waals surface area contributed by atoms with Gasteiger partial charge in [-0.25, -0.2) is 13.1 Å². The first-order chi connectivity index (χ1) is 6.33. The average molecular weight is 238 g/mol. The molecule has 0 aromatic heterocycles. The van der Waals surface area contributed by atoms with Crippen molar-refractivity contribution in [2.75, 3.05) is 12.3 Å². The van der Waals surface area contributed by atoms with Crippen molar-refractivity contribution in [3.8, 4) is 0 Å². The lowest BCUT2D eigenvalue weighted by molar-refractivity contribution is 0.566. The first-order valence-corrected chi connectivity index (χ1v) is 6.65. The first kappa shape index (κ1) is 13.8. The third kappa shape index (κ3) is 8.40. The molecule has 0 rings (SSSR count). The number of hydrogen-bond acceptors (Lipinski definition) is 3. The predicted octanol–water partition coefficient (Wildman–Crippen LogP) is 0.628. The molecule has 0 aromatic carbocycles. The van der Waals surface area contributed by atoms with Crippen LogP contribution in [0.4, 0.5) is 0 Å². The van der Waals surface area contributed by atoms with Crippen LogP contribution in [-0.2, 0) is 10.0 Å². The summed E-state index contributed by atoms with van der Waals surface area (Å²) in [6.07, 6.45) is 1.24. The second-order valence-corrected chi connectivity index (χ2v) is 6.02. The number of rotatable bonds is 7. The van der Waals surface area contributed by atoms with Crippen LogP contribution < -0.4 is 10.5 Å². The van der Waals surface area contributed by atoms with Crippen LogP contribution in [0.25, 0.3) is 0 Å². The van der Waals surface area contributed by atoms with Gasteiger partial charge in [-0.3, -0.25) is 0 Å². The Bertz CT molecular complexity index is 273. The fraction of sp³-hybridized carbons (Fsp3) is 0.875. The Morgan fingerprint density at radius 1 is 1.50 bits per heavy atom. The fourth-order valence-electron chi connectivity index (χ4n) is 0.988. The highest BCUT2D eigenvalue weighted by Gasteiger charge is 2.11. The van der Waals surface area contributed by atoms with Gasteiger partial charge in [0.25, 0.3) is 0 Å². The molecule has 84 valence electrons. The van der Waals surface area contributed by atoms with E-state index in [0.717, 1.165) is 0 Å². The van der Waals surface area contributed by atoms with Gasteiger partial charge in [-0.1, -0.05) is 26.1 Å². The van der Waals surface area contributed by atoms with Crippen molar-refractivity contribution >= 4 is 27.2 Å². The minimum Gasteiger partial charge on any atom is -0.393 e. The summed E-state index contributed by atoms with van der Waals surface area (Å²) in [5.74, 6) is 0.308. The molecule has 0 atom stereocenters. The number of hydrogen-bond donors (Lipinski definition) is 2. The molecule has 3 N–H and O–H groups in total. The standard InChI is InChI=1S/C8H18N2O2S2/c1-7(2)6-14(11,12)10-5-3-4-8(9)13/h7,10H,3-6H2,1-2H3,(H2,9,13). The van der Waals surface area contributed by atoms with Gasteiger partial charge in [0, 0.05) is 6.54 Å². The van der Waals surface area contributed by atoms with Crippen LogP contribution in [0.5, 0.6) is 0 Å². The van der Waals surface area contributed by atoms with Crippen LogP contribution in [0.15, 0.2) is 0 Å². The lowest BCUT2D eigenvalue weighted by Crippen LogP contribution is -2.29. The van der Waals surface area contributed by atoms with E-state index in [4.69, 9.17) is 5.73 Å². The van der Waals surface area contributed by atoms with E-state index in [9.17, 15) is 8.42 Å². The van der Waals surface area contributed by atoms with E-state index in [-0.39, 0.29) is 11.7 Å². The SMILES string of the molecule is CC(C)CS(=O)(=O)NCCCC(N)=S. The first-order valence-electron chi connectivity index (χ1n) is 4.59. The summed E-state index contributed by atoms with van der Waals surface area (Å²) in [6.45, 7) is 4.15. The number of thiocarbonyl (C=S) groups is 1. The molecule has 0 aliphatic rings. The van der Waals surface area contributed by atoms with E-state index in [1.807, 2.05) is 13.8 Å². The quantitative estimate of drug-likeness (QED) is 0.504. The second-order valence-electron chi connectivity index (χ2n) is 3.64. The van der Waals surface area contributed by atoms with Crippen molar-refractivity contribution in [2.24, 2.45) is 11.7 Å². The van der Waals surface area contributed by atoms with Gasteiger partial charge < -0.3 is 5.73 Å². The zero-order chi connectivity index (χ0) is 11.2. The molecule has 0 saturated heterocycles. The third-order valence-electron chi connectivity index (χ3n) is 1.47. The van der Waals surface area contributed by atoms with Gasteiger partial charge >= 0.3 is 0 Å². The van der Waals surface area contributed by atoms with E-state index < -0.39 is 10.0 Å². The highest BCUT2D eigenvalue weighted by atomic mass is 32.2. The Balaban J connectivity index is 3.72. The van der Waals surface area contributed by atoms with Gasteiger partial charge in [-0.2, -0.15) is 0 Å². The molecule has 0 radical (unpaired) electrons. The summed E-state index contributed by atoms with van der Waals surface area (Å²) in [5.41, 5.74) is 5.28. The zero-order valence-electron chi connectivity index (χ0n) is 8.62. The summed E-state index contributed by atoms with van der Waals surface area (Å²) in [7, 11) is -3.11. The molecular formula is C8H18N2O2S2. The highest BCUT2D eigenvalue weighted by Crippen LogP contribution is 1.97. The minimum absolute atomic E-state index is 0.142. The van der Waals surface area contributed by atoms with Gasteiger partial charge in [0.15, 0.2) is 0 Å². The zero-order valence-corrected chi connectivity index (χ0v) is 10.2. The third-order valence-corrected chi connectivity index (χ3v) is 3.43. The molecule has 4 nitrogen and oxygen atoms in total. The number of sulfonamides is 1. The highest BCUT2D eigenvalue weighted by molar-refractivity contribution is 7.89. The molecule has 0 fully saturated rings. The van der Waals surface area contributed by atoms with Crippen LogP contribution in [0, 0.1) is 5.92 Å². The molecule has 0 unspecified atom stereocenters. The lowest BCUT2D eigenvalue weighted by atomic mass is 10.3. The van der Waals surface area contributed by atoms with Crippen LogP contribution in [-0.4, -0.2) is 25.7 Å². The lowest BCUT2D eigenvalue weighted by Gasteiger charge is -2.08. The molecule has 14 heavy (non-hydrogen) atoms. The van der Waals surface area contributed by atoms with Gasteiger partial charge in [-0.05, 0) is 18.8 Å². The Labute approximate surface area is 91.3 Å². The largest absolute Gasteiger partial charge is 0.393 e. The van der Waals surface area contributed by atoms with Gasteiger partial charge in [0.1, 0.15) is 0 Å². The monoisotopic (exact) mass is 238 g/mol. The van der Waals surface area contributed by atoms with Crippen molar-refractivity contribution in [2.45, 2.75) is 26.7 Å². The molecule has 0 spiro atoms. The predicted molar refractivity (Wildman–Crippen MR) is 62.6 cm³/mol. The molecule has 0 bridgehead atoms. The Hall–Kier alpha value is -0.200. The van der Waals surface area contributed by atoms with Gasteiger partial charge in [0.2, 0.25) is 10.0 Å². The van der Waals surface area contributed by atoms with E-state index in [0.29, 0.717) is 24.4 Å². The van der Waals surface area contributed by atoms with Crippen LogP contribution in [0.2, 0.25) is 0 Å². The summed E-state index contributed by atoms with van der Waals surface area (Å²) < 4.78 is 25.1. The molecule has 0 amide bonds. The minimum atomic E-state index is -3.11. The summed E-state index contributed by atoms with van der Waals surface area (Å²) >= 11 is 4.67. The smallest absolute Gasteiger partial charge is 0.211 e. The normalized spacial score (nSPS) is 11.9. The van der Waals surface area contributed by atoms with E-state index in [2.05, 4.69) is 16.9 Å². The van der Waals surface area contributed by atoms with Gasteiger partial charge in [0.05, 0.1) is 10.7 Å². The Morgan fingerprint density at radius 3 is 2.50 bits per heavy atom. The maximum Gasteiger partial charge on any atom is 0.211 e. The molecular weight excluding hydrogens is 220 g/mol. The average Bonchev–Trinajstić information content (AvgIpc) is 1.95. The van der Waals surface area contributed by atoms with E-state index in [1.165, 1.54) is 0 Å². The molecule has 0 heterocycles. The van der Waals surface area contributed by atoms with Crippen molar-refractivity contribution in [3.05, 3.63) is 0 Å². The van der Waals surface area contributed by atoms with Crippen LogP contribution in [0.3, 0.4) is 0 Å². The molecule has 6 heteroatoms. The van der Waals surface area contributed by atoms with Crippen molar-refractivity contribution in [1.82, 2.24) is 4.72 Å². The Morgan fingerprint density at radius 2 is 2.07 bits per heavy atom. The Kier molecular flexibility index (Phi) is 6.22. The summed E-state index contributed by atoms with van der Waals surface area (Å²) in [5, 5.41) is 0. The van der Waals surface area contributed by atoms with Crippen LogP contribution >= 0.6 is 12.2 Å². The van der Waals surface area contributed by atoms with E-state index in [1.54, 1.807) is 0 Å². The second kappa shape index (κ2) is 6.31. The molecule has 0 aliphatic heterocycles. The van der Waals surface area contributed by atoms with Gasteiger partial charge in [-0.15, -0.1) is 0 Å². The number of nitrogens with one attached hydrogen (secondary N) is 1. The maximum absolute atomic E-state index is 11.3. The maximum atomic E-state index is 11.3. The van der Waals surface area contributed by atoms with Crippen molar-refractivity contribution < 1.29 is 8.42 Å². The molecule has 0 saturated carbocycles.